The Labute approximate surface area is 142 Å². The topological polar surface area (TPSA) is 61.8 Å². The van der Waals surface area contributed by atoms with Crippen molar-refractivity contribution in [2.45, 2.75) is 6.42 Å². The Kier molecular flexibility index (Phi) is 5.76. The number of esters is 2. The van der Waals surface area contributed by atoms with Crippen LogP contribution in [0.2, 0.25) is 5.02 Å². The van der Waals surface area contributed by atoms with E-state index in [0.29, 0.717) is 0 Å². The molecule has 0 radical (unpaired) electrons. The van der Waals surface area contributed by atoms with Crippen LogP contribution in [-0.2, 0) is 16.0 Å². The van der Waals surface area contributed by atoms with Crippen molar-refractivity contribution in [1.82, 2.24) is 0 Å². The first-order chi connectivity index (χ1) is 11.5. The molecule has 0 spiro atoms. The molecule has 0 saturated carbocycles. The molecule has 2 aromatic rings. The molecule has 0 aliphatic rings. The fourth-order valence-electron chi connectivity index (χ4n) is 2.00. The third-order valence-corrected chi connectivity index (χ3v) is 3.55. The van der Waals surface area contributed by atoms with Crippen molar-refractivity contribution in [2.75, 3.05) is 14.2 Å². The molecule has 7 heteroatoms. The van der Waals surface area contributed by atoms with Crippen LogP contribution in [0.4, 0.5) is 4.39 Å². The molecule has 0 amide bonds. The highest BCUT2D eigenvalue weighted by atomic mass is 35.5. The highest BCUT2D eigenvalue weighted by Crippen LogP contribution is 2.29. The number of rotatable bonds is 5. The van der Waals surface area contributed by atoms with E-state index >= 15 is 0 Å². The third-order valence-electron chi connectivity index (χ3n) is 3.19. The quantitative estimate of drug-likeness (QED) is 0.609. The van der Waals surface area contributed by atoms with E-state index in [-0.39, 0.29) is 34.1 Å². The van der Waals surface area contributed by atoms with Crippen LogP contribution in [0.5, 0.6) is 11.5 Å². The van der Waals surface area contributed by atoms with Gasteiger partial charge in [0, 0.05) is 10.6 Å². The molecule has 5 nitrogen and oxygen atoms in total. The summed E-state index contributed by atoms with van der Waals surface area (Å²) in [6.07, 6.45) is -0.340. The van der Waals surface area contributed by atoms with Gasteiger partial charge in [-0.25, -0.2) is 9.18 Å². The van der Waals surface area contributed by atoms with E-state index in [1.807, 2.05) is 0 Å². The zero-order valence-electron chi connectivity index (χ0n) is 13.0. The van der Waals surface area contributed by atoms with Crippen molar-refractivity contribution < 1.29 is 28.2 Å². The summed E-state index contributed by atoms with van der Waals surface area (Å²) in [6.45, 7) is 0. The Morgan fingerprint density at radius 1 is 1.12 bits per heavy atom. The second-order valence-corrected chi connectivity index (χ2v) is 5.12. The second kappa shape index (κ2) is 7.79. The lowest BCUT2D eigenvalue weighted by atomic mass is 10.1. The van der Waals surface area contributed by atoms with Gasteiger partial charge in [-0.05, 0) is 30.3 Å². The van der Waals surface area contributed by atoms with Crippen molar-refractivity contribution in [3.63, 3.8) is 0 Å². The normalized spacial score (nSPS) is 10.2. The molecule has 0 saturated heterocycles. The average Bonchev–Trinajstić information content (AvgIpc) is 2.58. The highest BCUT2D eigenvalue weighted by molar-refractivity contribution is 6.31. The number of hydrogen-bond donors (Lipinski definition) is 0. The third kappa shape index (κ3) is 4.02. The van der Waals surface area contributed by atoms with Crippen LogP contribution in [0, 0.1) is 5.82 Å². The molecule has 2 aromatic carbocycles. The van der Waals surface area contributed by atoms with Gasteiger partial charge in [-0.15, -0.1) is 0 Å². The molecule has 0 aromatic heterocycles. The van der Waals surface area contributed by atoms with E-state index in [0.717, 1.165) is 0 Å². The van der Waals surface area contributed by atoms with Crippen molar-refractivity contribution in [2.24, 2.45) is 0 Å². The summed E-state index contributed by atoms with van der Waals surface area (Å²) in [5.74, 6) is -1.59. The number of carbonyl (C=O) groups is 2. The molecule has 0 aliphatic heterocycles. The van der Waals surface area contributed by atoms with E-state index in [2.05, 4.69) is 4.74 Å². The summed E-state index contributed by atoms with van der Waals surface area (Å²) in [5, 5.41) is 0.139. The van der Waals surface area contributed by atoms with Crippen LogP contribution in [0.25, 0.3) is 0 Å². The zero-order valence-corrected chi connectivity index (χ0v) is 13.7. The van der Waals surface area contributed by atoms with Crippen LogP contribution in [-0.4, -0.2) is 26.2 Å². The Bertz CT molecular complexity index is 755. The Morgan fingerprint density at radius 3 is 2.50 bits per heavy atom. The van der Waals surface area contributed by atoms with E-state index in [4.69, 9.17) is 21.1 Å². The molecular weight excluding hydrogens is 339 g/mol. The number of methoxy groups -OCH3 is 2. The number of ether oxygens (including phenoxy) is 3. The minimum absolute atomic E-state index is 0.0503. The monoisotopic (exact) mass is 352 g/mol. The van der Waals surface area contributed by atoms with Gasteiger partial charge in [-0.1, -0.05) is 17.7 Å². The molecule has 24 heavy (non-hydrogen) atoms. The molecule has 0 heterocycles. The van der Waals surface area contributed by atoms with Gasteiger partial charge in [0.15, 0.2) is 11.5 Å². The van der Waals surface area contributed by atoms with Gasteiger partial charge in [0.2, 0.25) is 0 Å². The summed E-state index contributed by atoms with van der Waals surface area (Å²) in [7, 11) is 2.61. The average molecular weight is 353 g/mol. The van der Waals surface area contributed by atoms with Crippen molar-refractivity contribution >= 4 is 23.5 Å². The van der Waals surface area contributed by atoms with Gasteiger partial charge in [0.1, 0.15) is 5.82 Å². The van der Waals surface area contributed by atoms with E-state index in [1.165, 1.54) is 50.6 Å². The first kappa shape index (κ1) is 17.7. The van der Waals surface area contributed by atoms with Crippen molar-refractivity contribution in [3.05, 3.63) is 58.4 Å². The standard InChI is InChI=1S/C17H14ClFO5/c1-22-15-8-10(17(21)23-2)6-7-14(15)24-16(20)9-11-12(18)4-3-5-13(11)19/h3-8H,9H2,1-2H3. The summed E-state index contributed by atoms with van der Waals surface area (Å²) in [6, 6.07) is 8.34. The Morgan fingerprint density at radius 2 is 1.88 bits per heavy atom. The maximum atomic E-state index is 13.7. The predicted octanol–water partition coefficient (Wildman–Crippen LogP) is 3.42. The summed E-state index contributed by atoms with van der Waals surface area (Å²) in [4.78, 5) is 23.5. The Hall–Kier alpha value is -2.60. The molecular formula is C17H14ClFO5. The van der Waals surface area contributed by atoms with Crippen molar-refractivity contribution in [1.29, 1.82) is 0 Å². The minimum atomic E-state index is -0.717. The maximum Gasteiger partial charge on any atom is 0.337 e. The highest BCUT2D eigenvalue weighted by Gasteiger charge is 2.17. The van der Waals surface area contributed by atoms with Crippen LogP contribution in [0.15, 0.2) is 36.4 Å². The molecule has 0 N–H and O–H groups in total. The Balaban J connectivity index is 2.18. The van der Waals surface area contributed by atoms with Crippen molar-refractivity contribution in [3.8, 4) is 11.5 Å². The zero-order chi connectivity index (χ0) is 17.7. The maximum absolute atomic E-state index is 13.7. The van der Waals surface area contributed by atoms with E-state index in [1.54, 1.807) is 0 Å². The second-order valence-electron chi connectivity index (χ2n) is 4.71. The molecule has 0 aliphatic carbocycles. The SMILES string of the molecule is COC(=O)c1ccc(OC(=O)Cc2c(F)cccc2Cl)c(OC)c1. The first-order valence-electron chi connectivity index (χ1n) is 6.86. The lowest BCUT2D eigenvalue weighted by Crippen LogP contribution is -2.13. The van der Waals surface area contributed by atoms with E-state index in [9.17, 15) is 14.0 Å². The van der Waals surface area contributed by atoms with Gasteiger partial charge in [-0.3, -0.25) is 4.79 Å². The molecule has 126 valence electrons. The van der Waals surface area contributed by atoms with Gasteiger partial charge < -0.3 is 14.2 Å². The largest absolute Gasteiger partial charge is 0.493 e. The minimum Gasteiger partial charge on any atom is -0.493 e. The molecule has 0 bridgehead atoms. The van der Waals surface area contributed by atoms with Crippen LogP contribution < -0.4 is 9.47 Å². The summed E-state index contributed by atoms with van der Waals surface area (Å²) >= 11 is 5.88. The van der Waals surface area contributed by atoms with Gasteiger partial charge in [0.05, 0.1) is 26.2 Å². The number of halogens is 2. The number of benzene rings is 2. The van der Waals surface area contributed by atoms with Crippen LogP contribution in [0.1, 0.15) is 15.9 Å². The number of hydrogen-bond acceptors (Lipinski definition) is 5. The van der Waals surface area contributed by atoms with Gasteiger partial charge >= 0.3 is 11.9 Å². The lowest BCUT2D eigenvalue weighted by Gasteiger charge is -2.11. The van der Waals surface area contributed by atoms with Gasteiger partial charge in [0.25, 0.3) is 0 Å². The van der Waals surface area contributed by atoms with Crippen LogP contribution in [0.3, 0.4) is 0 Å². The summed E-state index contributed by atoms with van der Waals surface area (Å²) < 4.78 is 28.6. The predicted molar refractivity (Wildman–Crippen MR) is 85.1 cm³/mol. The van der Waals surface area contributed by atoms with Crippen LogP contribution >= 0.6 is 11.6 Å². The molecule has 2 rings (SSSR count). The molecule has 0 unspecified atom stereocenters. The smallest absolute Gasteiger partial charge is 0.337 e. The molecule has 0 fully saturated rings. The first-order valence-corrected chi connectivity index (χ1v) is 7.24. The van der Waals surface area contributed by atoms with Gasteiger partial charge in [-0.2, -0.15) is 0 Å². The number of carbonyl (C=O) groups excluding carboxylic acids is 2. The summed E-state index contributed by atoms with van der Waals surface area (Å²) in [5.41, 5.74) is 0.292. The fraction of sp³-hybridized carbons (Fsp3) is 0.176. The fourth-order valence-corrected chi connectivity index (χ4v) is 2.23. The molecule has 0 atom stereocenters. The van der Waals surface area contributed by atoms with E-state index < -0.39 is 17.8 Å². The lowest BCUT2D eigenvalue weighted by molar-refractivity contribution is -0.133.